The predicted octanol–water partition coefficient (Wildman–Crippen LogP) is 5.91. The van der Waals surface area contributed by atoms with Gasteiger partial charge in [0, 0.05) is 13.0 Å². The van der Waals surface area contributed by atoms with Crippen LogP contribution >= 0.6 is 24.0 Å². The summed E-state index contributed by atoms with van der Waals surface area (Å²) in [5.74, 6) is 0.226. The van der Waals surface area contributed by atoms with Crippen LogP contribution in [0.5, 0.6) is 0 Å². The smallest absolute Gasteiger partial charge is 0.266 e. The third-order valence-corrected chi connectivity index (χ3v) is 6.75. The van der Waals surface area contributed by atoms with Crippen LogP contribution in [0, 0.1) is 13.8 Å². The minimum absolute atomic E-state index is 0.00657. The highest BCUT2D eigenvalue weighted by Gasteiger charge is 2.31. The fourth-order valence-electron chi connectivity index (χ4n) is 3.47. The van der Waals surface area contributed by atoms with E-state index in [1.54, 1.807) is 11.8 Å². The van der Waals surface area contributed by atoms with Gasteiger partial charge in [0.1, 0.15) is 10.1 Å². The van der Waals surface area contributed by atoms with E-state index in [0.29, 0.717) is 22.2 Å². The molecule has 0 radical (unpaired) electrons. The number of ketones is 1. The molecule has 0 spiro atoms. The first-order valence-electron chi connectivity index (χ1n) is 10.1. The van der Waals surface area contributed by atoms with Gasteiger partial charge in [-0.15, -0.1) is 0 Å². The molecule has 0 N–H and O–H groups in total. The van der Waals surface area contributed by atoms with E-state index >= 15 is 0 Å². The van der Waals surface area contributed by atoms with Crippen LogP contribution in [0.2, 0.25) is 0 Å². The van der Waals surface area contributed by atoms with Crippen molar-refractivity contribution in [2.75, 3.05) is 6.54 Å². The van der Waals surface area contributed by atoms with Crippen molar-refractivity contribution in [2.24, 2.45) is 0 Å². The molecule has 1 aromatic rings. The van der Waals surface area contributed by atoms with Gasteiger partial charge < -0.3 is 4.79 Å². The van der Waals surface area contributed by atoms with Crippen LogP contribution in [0.25, 0.3) is 5.57 Å². The van der Waals surface area contributed by atoms with Crippen LogP contribution in [0.15, 0.2) is 46.9 Å². The Kier molecular flexibility index (Phi) is 7.25. The number of benzene rings is 1. The Morgan fingerprint density at radius 2 is 1.97 bits per heavy atom. The highest BCUT2D eigenvalue weighted by atomic mass is 32.2. The summed E-state index contributed by atoms with van der Waals surface area (Å²) >= 11 is 6.81. The largest absolute Gasteiger partial charge is 0.300 e. The molecule has 0 unspecified atom stereocenters. The maximum Gasteiger partial charge on any atom is 0.266 e. The van der Waals surface area contributed by atoms with Crippen LogP contribution < -0.4 is 0 Å². The van der Waals surface area contributed by atoms with E-state index in [-0.39, 0.29) is 11.7 Å². The van der Waals surface area contributed by atoms with E-state index in [2.05, 4.69) is 44.2 Å². The summed E-state index contributed by atoms with van der Waals surface area (Å²) in [5, 5.41) is 0. The highest BCUT2D eigenvalue weighted by Crippen LogP contribution is 2.36. The quantitative estimate of drug-likeness (QED) is 0.295. The lowest BCUT2D eigenvalue weighted by atomic mass is 9.98. The fraction of sp³-hybridized carbons (Fsp3) is 0.375. The maximum atomic E-state index is 12.8. The number of hydrogen-bond acceptors (Lipinski definition) is 4. The molecule has 0 bridgehead atoms. The molecule has 152 valence electrons. The number of aryl methyl sites for hydroxylation is 2. The number of carbonyl (C=O) groups excluding carboxylic acids is 2. The number of thiocarbonyl (C=S) groups is 1. The van der Waals surface area contributed by atoms with Gasteiger partial charge >= 0.3 is 0 Å². The summed E-state index contributed by atoms with van der Waals surface area (Å²) < 4.78 is 0.633. The van der Waals surface area contributed by atoms with E-state index in [1.165, 1.54) is 34.0 Å². The van der Waals surface area contributed by atoms with E-state index in [9.17, 15) is 9.59 Å². The molecule has 1 amide bonds. The number of nitrogens with zero attached hydrogens (tertiary/aromatic N) is 1. The lowest BCUT2D eigenvalue weighted by molar-refractivity contribution is -0.122. The van der Waals surface area contributed by atoms with Crippen molar-refractivity contribution in [1.29, 1.82) is 0 Å². The molecule has 0 atom stereocenters. The second-order valence-corrected chi connectivity index (χ2v) is 9.43. The van der Waals surface area contributed by atoms with Crippen LogP contribution in [0.1, 0.15) is 55.7 Å². The molecule has 3 nitrogen and oxygen atoms in total. The SMILES string of the molecule is CC(=O)CCCCCN1C(=O)/C(=C\C2=CC=C(c3ccc(C)c(C)c3)C2)SC1=S. The number of allylic oxidation sites excluding steroid dienone is 5. The number of rotatable bonds is 8. The van der Waals surface area contributed by atoms with Gasteiger partial charge in [-0.3, -0.25) is 9.69 Å². The first-order valence-corrected chi connectivity index (χ1v) is 11.3. The molecular weight excluding hydrogens is 398 g/mol. The molecule has 0 saturated carbocycles. The standard InChI is InChI=1S/C24H27NO2S2/c1-16-8-10-20(13-17(16)2)21-11-9-19(14-21)15-22-23(27)25(24(28)29-22)12-6-4-5-7-18(3)26/h8-11,13,15H,4-7,12,14H2,1-3H3/b22-15+. The monoisotopic (exact) mass is 425 g/mol. The van der Waals surface area contributed by atoms with Gasteiger partial charge in [0.15, 0.2) is 0 Å². The highest BCUT2D eigenvalue weighted by molar-refractivity contribution is 8.26. The molecule has 1 saturated heterocycles. The first-order chi connectivity index (χ1) is 13.8. The Labute approximate surface area is 182 Å². The van der Waals surface area contributed by atoms with Gasteiger partial charge in [0.05, 0.1) is 4.91 Å². The molecule has 1 aromatic carbocycles. The van der Waals surface area contributed by atoms with Crippen LogP contribution in [-0.2, 0) is 9.59 Å². The Hall–Kier alpha value is -1.98. The third kappa shape index (κ3) is 5.55. The van der Waals surface area contributed by atoms with Crippen molar-refractivity contribution in [3.05, 3.63) is 63.6 Å². The zero-order valence-electron chi connectivity index (χ0n) is 17.3. The molecule has 0 aromatic heterocycles. The molecule has 2 aliphatic rings. The maximum absolute atomic E-state index is 12.8. The Morgan fingerprint density at radius 1 is 1.17 bits per heavy atom. The van der Waals surface area contributed by atoms with E-state index in [0.717, 1.165) is 31.3 Å². The summed E-state index contributed by atoms with van der Waals surface area (Å²) in [6, 6.07) is 6.55. The molecule has 1 fully saturated rings. The molecule has 1 aliphatic carbocycles. The molecule has 29 heavy (non-hydrogen) atoms. The third-order valence-electron chi connectivity index (χ3n) is 5.37. The average molecular weight is 426 g/mol. The van der Waals surface area contributed by atoms with E-state index < -0.39 is 0 Å². The fourth-order valence-corrected chi connectivity index (χ4v) is 4.79. The molecule has 1 heterocycles. The normalized spacial score (nSPS) is 17.9. The lowest BCUT2D eigenvalue weighted by Crippen LogP contribution is -2.29. The van der Waals surface area contributed by atoms with E-state index in [1.807, 2.05) is 6.08 Å². The second kappa shape index (κ2) is 9.68. The van der Waals surface area contributed by atoms with Crippen molar-refractivity contribution in [2.45, 2.75) is 52.9 Å². The molecular formula is C24H27NO2S2. The number of Topliss-reactive ketones (excluding diaryl/α,β-unsaturated/α-hetero) is 1. The zero-order valence-corrected chi connectivity index (χ0v) is 18.9. The predicted molar refractivity (Wildman–Crippen MR) is 126 cm³/mol. The minimum Gasteiger partial charge on any atom is -0.300 e. The molecule has 5 heteroatoms. The topological polar surface area (TPSA) is 37.4 Å². The Balaban J connectivity index is 1.56. The molecule has 3 rings (SSSR count). The number of hydrogen-bond donors (Lipinski definition) is 0. The van der Waals surface area contributed by atoms with Gasteiger partial charge in [-0.05, 0) is 73.9 Å². The van der Waals surface area contributed by atoms with Crippen LogP contribution in [-0.4, -0.2) is 27.5 Å². The van der Waals surface area contributed by atoms with E-state index in [4.69, 9.17) is 12.2 Å². The summed E-state index contributed by atoms with van der Waals surface area (Å²) in [6.07, 6.45) is 10.3. The lowest BCUT2D eigenvalue weighted by Gasteiger charge is -2.13. The summed E-state index contributed by atoms with van der Waals surface area (Å²) in [4.78, 5) is 26.2. The van der Waals surface area contributed by atoms with Crippen molar-refractivity contribution in [1.82, 2.24) is 4.90 Å². The number of thioether (sulfide) groups is 1. The van der Waals surface area contributed by atoms with Crippen molar-refractivity contribution in [3.63, 3.8) is 0 Å². The number of amides is 1. The Morgan fingerprint density at radius 3 is 2.69 bits per heavy atom. The minimum atomic E-state index is 0.00657. The number of carbonyl (C=O) groups is 2. The summed E-state index contributed by atoms with van der Waals surface area (Å²) in [7, 11) is 0. The zero-order chi connectivity index (χ0) is 21.0. The van der Waals surface area contributed by atoms with Gasteiger partial charge in [-0.2, -0.15) is 0 Å². The van der Waals surface area contributed by atoms with Crippen molar-refractivity contribution < 1.29 is 9.59 Å². The average Bonchev–Trinajstić information content (AvgIpc) is 3.23. The first kappa shape index (κ1) is 21.7. The number of unbranched alkanes of at least 4 members (excludes halogenated alkanes) is 2. The van der Waals surface area contributed by atoms with Gasteiger partial charge in [-0.1, -0.05) is 60.8 Å². The Bertz CT molecular complexity index is 940. The van der Waals surface area contributed by atoms with Gasteiger partial charge in [0.25, 0.3) is 5.91 Å². The summed E-state index contributed by atoms with van der Waals surface area (Å²) in [6.45, 7) is 6.50. The van der Waals surface area contributed by atoms with Gasteiger partial charge in [-0.25, -0.2) is 0 Å². The molecule has 1 aliphatic heterocycles. The van der Waals surface area contributed by atoms with Crippen LogP contribution in [0.4, 0.5) is 0 Å². The summed E-state index contributed by atoms with van der Waals surface area (Å²) in [5.41, 5.74) is 6.25. The van der Waals surface area contributed by atoms with Gasteiger partial charge in [0.2, 0.25) is 0 Å². The second-order valence-electron chi connectivity index (χ2n) is 7.76. The van der Waals surface area contributed by atoms with Crippen molar-refractivity contribution >= 4 is 45.6 Å². The van der Waals surface area contributed by atoms with Crippen molar-refractivity contribution in [3.8, 4) is 0 Å². The van der Waals surface area contributed by atoms with Crippen LogP contribution in [0.3, 0.4) is 0 Å².